The van der Waals surface area contributed by atoms with Crippen molar-refractivity contribution in [3.63, 3.8) is 0 Å². The number of allylic oxidation sites excluding steroid dienone is 2. The van der Waals surface area contributed by atoms with Crippen LogP contribution in [0.25, 0.3) is 0 Å². The van der Waals surface area contributed by atoms with E-state index in [-0.39, 0.29) is 12.5 Å². The first kappa shape index (κ1) is 51.1. The lowest BCUT2D eigenvalue weighted by Crippen LogP contribution is -2.45. The van der Waals surface area contributed by atoms with Gasteiger partial charge >= 0.3 is 0 Å². The smallest absolute Gasteiger partial charge is 0.220 e. The maximum Gasteiger partial charge on any atom is 0.220 e. The third kappa shape index (κ3) is 40.3. The number of hydrogen-bond acceptors (Lipinski definition) is 3. The molecule has 0 radical (unpaired) electrons. The van der Waals surface area contributed by atoms with Crippen molar-refractivity contribution in [1.82, 2.24) is 5.32 Å². The summed E-state index contributed by atoms with van der Waals surface area (Å²) in [7, 11) is 0. The minimum Gasteiger partial charge on any atom is -0.394 e. The molecule has 0 fully saturated rings. The second-order valence-electron chi connectivity index (χ2n) is 16.5. The van der Waals surface area contributed by atoms with Gasteiger partial charge in [0.2, 0.25) is 5.91 Å². The Bertz CT molecular complexity index is 710. The minimum atomic E-state index is -0.660. The number of carbonyl (C=O) groups is 1. The van der Waals surface area contributed by atoms with E-state index in [0.717, 1.165) is 25.7 Å². The molecule has 310 valence electrons. The zero-order valence-corrected chi connectivity index (χ0v) is 35.6. The zero-order chi connectivity index (χ0) is 37.8. The van der Waals surface area contributed by atoms with Gasteiger partial charge in [0.15, 0.2) is 0 Å². The first-order valence-corrected chi connectivity index (χ1v) is 23.9. The van der Waals surface area contributed by atoms with Gasteiger partial charge in [0.1, 0.15) is 0 Å². The van der Waals surface area contributed by atoms with E-state index in [0.29, 0.717) is 12.8 Å². The van der Waals surface area contributed by atoms with E-state index < -0.39 is 12.1 Å². The number of rotatable bonds is 44. The molecule has 2 unspecified atom stereocenters. The van der Waals surface area contributed by atoms with Crippen LogP contribution in [0.3, 0.4) is 0 Å². The lowest BCUT2D eigenvalue weighted by atomic mass is 10.0. The Kier molecular flexibility index (Phi) is 43.8. The largest absolute Gasteiger partial charge is 0.394 e. The van der Waals surface area contributed by atoms with E-state index in [1.807, 2.05) is 0 Å². The molecule has 0 bridgehead atoms. The molecule has 3 N–H and O–H groups in total. The molecule has 0 aliphatic rings. The summed E-state index contributed by atoms with van der Waals surface area (Å²) in [4.78, 5) is 12.4. The quantitative estimate of drug-likeness (QED) is 0.0431. The number of amides is 1. The number of unbranched alkanes of at least 4 members (excludes halogenated alkanes) is 35. The van der Waals surface area contributed by atoms with Crippen LogP contribution in [0.15, 0.2) is 12.2 Å². The van der Waals surface area contributed by atoms with E-state index in [2.05, 4.69) is 31.3 Å². The molecule has 4 nitrogen and oxygen atoms in total. The molecule has 1 amide bonds. The van der Waals surface area contributed by atoms with E-state index in [4.69, 9.17) is 0 Å². The van der Waals surface area contributed by atoms with E-state index in [1.165, 1.54) is 218 Å². The van der Waals surface area contributed by atoms with Crippen molar-refractivity contribution in [3.05, 3.63) is 12.2 Å². The summed E-state index contributed by atoms with van der Waals surface area (Å²) in [5.41, 5.74) is 0. The van der Waals surface area contributed by atoms with Crippen molar-refractivity contribution in [3.8, 4) is 0 Å². The molecule has 0 spiro atoms. The van der Waals surface area contributed by atoms with Crippen LogP contribution >= 0.6 is 0 Å². The van der Waals surface area contributed by atoms with Crippen molar-refractivity contribution < 1.29 is 15.0 Å². The van der Waals surface area contributed by atoms with Crippen LogP contribution in [0.1, 0.15) is 271 Å². The Morgan fingerprint density at radius 1 is 0.442 bits per heavy atom. The molecule has 52 heavy (non-hydrogen) atoms. The predicted molar refractivity (Wildman–Crippen MR) is 230 cm³/mol. The van der Waals surface area contributed by atoms with Gasteiger partial charge < -0.3 is 15.5 Å². The average Bonchev–Trinajstić information content (AvgIpc) is 3.15. The van der Waals surface area contributed by atoms with E-state index in [1.54, 1.807) is 0 Å². The molecule has 0 heterocycles. The third-order valence-electron chi connectivity index (χ3n) is 11.3. The Labute approximate surface area is 327 Å². The normalized spacial score (nSPS) is 12.9. The maximum absolute atomic E-state index is 12.4. The molecular weight excluding hydrogens is 639 g/mol. The maximum atomic E-state index is 12.4. The molecule has 0 aromatic carbocycles. The second kappa shape index (κ2) is 44.5. The number of nitrogens with one attached hydrogen (secondary N) is 1. The van der Waals surface area contributed by atoms with Gasteiger partial charge in [-0.25, -0.2) is 0 Å². The first-order valence-electron chi connectivity index (χ1n) is 23.9. The third-order valence-corrected chi connectivity index (χ3v) is 11.3. The Morgan fingerprint density at radius 2 is 0.731 bits per heavy atom. The topological polar surface area (TPSA) is 69.6 Å². The fourth-order valence-electron chi connectivity index (χ4n) is 7.59. The molecule has 0 aliphatic heterocycles. The minimum absolute atomic E-state index is 0.0365. The van der Waals surface area contributed by atoms with Crippen LogP contribution in [0.4, 0.5) is 0 Å². The number of aliphatic hydroxyl groups excluding tert-OH is 2. The number of aliphatic hydroxyl groups is 2. The van der Waals surface area contributed by atoms with E-state index in [9.17, 15) is 15.0 Å². The van der Waals surface area contributed by atoms with Crippen LogP contribution in [0, 0.1) is 0 Å². The van der Waals surface area contributed by atoms with Crippen LogP contribution in [0.5, 0.6) is 0 Å². The van der Waals surface area contributed by atoms with Gasteiger partial charge in [0.05, 0.1) is 18.8 Å². The van der Waals surface area contributed by atoms with E-state index >= 15 is 0 Å². The Morgan fingerprint density at radius 3 is 1.06 bits per heavy atom. The van der Waals surface area contributed by atoms with Crippen molar-refractivity contribution in [2.75, 3.05) is 6.61 Å². The van der Waals surface area contributed by atoms with Gasteiger partial charge in [-0.1, -0.05) is 238 Å². The fourth-order valence-corrected chi connectivity index (χ4v) is 7.59. The summed E-state index contributed by atoms with van der Waals surface area (Å²) in [6, 6.07) is -0.537. The van der Waals surface area contributed by atoms with Crippen LogP contribution in [-0.2, 0) is 4.79 Å². The highest BCUT2D eigenvalue weighted by Crippen LogP contribution is 2.17. The SMILES string of the molecule is CCCCCCCC/C=C\CCCCCCCC(=O)NC(CO)C(O)CCCCCCCCCCCCCCCCCCCCCCCCCCC. The summed E-state index contributed by atoms with van der Waals surface area (Å²) in [6.45, 7) is 4.37. The van der Waals surface area contributed by atoms with Gasteiger partial charge in [-0.15, -0.1) is 0 Å². The van der Waals surface area contributed by atoms with Gasteiger partial charge in [-0.05, 0) is 38.5 Å². The highest BCUT2D eigenvalue weighted by molar-refractivity contribution is 5.76. The van der Waals surface area contributed by atoms with Crippen LogP contribution in [0.2, 0.25) is 0 Å². The Hall–Kier alpha value is -0.870. The second-order valence-corrected chi connectivity index (χ2v) is 16.5. The number of carbonyl (C=O) groups excluding carboxylic acids is 1. The van der Waals surface area contributed by atoms with Gasteiger partial charge in [0.25, 0.3) is 0 Å². The van der Waals surface area contributed by atoms with Crippen LogP contribution < -0.4 is 5.32 Å². The summed E-state index contributed by atoms with van der Waals surface area (Å²) in [6.07, 6.45) is 55.9. The van der Waals surface area contributed by atoms with Crippen molar-refractivity contribution in [1.29, 1.82) is 0 Å². The van der Waals surface area contributed by atoms with Crippen LogP contribution in [-0.4, -0.2) is 34.9 Å². The summed E-state index contributed by atoms with van der Waals surface area (Å²) >= 11 is 0. The summed E-state index contributed by atoms with van der Waals surface area (Å²) < 4.78 is 0. The summed E-state index contributed by atoms with van der Waals surface area (Å²) in [5, 5.41) is 23.2. The monoisotopic (exact) mass is 734 g/mol. The average molecular weight is 734 g/mol. The molecule has 0 saturated heterocycles. The molecule has 0 aromatic rings. The molecule has 2 atom stereocenters. The van der Waals surface area contributed by atoms with Crippen molar-refractivity contribution in [2.45, 2.75) is 283 Å². The number of hydrogen-bond donors (Lipinski definition) is 3. The lowest BCUT2D eigenvalue weighted by molar-refractivity contribution is -0.123. The molecular formula is C48H95NO3. The highest BCUT2D eigenvalue weighted by Gasteiger charge is 2.20. The van der Waals surface area contributed by atoms with Gasteiger partial charge in [-0.3, -0.25) is 4.79 Å². The molecule has 4 heteroatoms. The van der Waals surface area contributed by atoms with Crippen molar-refractivity contribution >= 4 is 5.91 Å². The molecule has 0 rings (SSSR count). The summed E-state index contributed by atoms with van der Waals surface area (Å²) in [5.74, 6) is -0.0365. The fraction of sp³-hybridized carbons (Fsp3) is 0.938. The molecule has 0 saturated carbocycles. The first-order chi connectivity index (χ1) is 25.7. The lowest BCUT2D eigenvalue weighted by Gasteiger charge is -2.22. The standard InChI is InChI=1S/C48H95NO3/c1-3-5-7-9-11-13-15-17-19-20-21-22-23-24-25-26-27-28-30-31-33-35-37-39-41-43-47(51)46(45-50)49-48(52)44-42-40-38-36-34-32-29-18-16-14-12-10-8-6-4-2/h18,29,46-47,50-51H,3-17,19-28,30-45H2,1-2H3,(H,49,52)/b29-18-. The van der Waals surface area contributed by atoms with Gasteiger partial charge in [0, 0.05) is 6.42 Å². The Balaban J connectivity index is 3.45. The highest BCUT2D eigenvalue weighted by atomic mass is 16.3. The molecule has 0 aromatic heterocycles. The van der Waals surface area contributed by atoms with Crippen molar-refractivity contribution in [2.24, 2.45) is 0 Å². The van der Waals surface area contributed by atoms with Gasteiger partial charge in [-0.2, -0.15) is 0 Å². The predicted octanol–water partition coefficient (Wildman–Crippen LogP) is 15.0. The zero-order valence-electron chi connectivity index (χ0n) is 35.6. The molecule has 0 aliphatic carbocycles.